The molecule has 0 unspecified atom stereocenters. The van der Waals surface area contributed by atoms with Gasteiger partial charge in [-0.1, -0.05) is 35.3 Å². The molecule has 1 fully saturated rings. The fourth-order valence-corrected chi connectivity index (χ4v) is 4.74. The van der Waals surface area contributed by atoms with E-state index < -0.39 is 17.7 Å². The molecule has 0 saturated carbocycles. The number of halogens is 2. The number of carbonyl (C=O) groups excluding carboxylic acids is 2. The highest BCUT2D eigenvalue weighted by molar-refractivity contribution is 6.33. The lowest BCUT2D eigenvalue weighted by molar-refractivity contribution is -0.225. The number of carbonyl (C=O) groups is 2. The number of benzene rings is 3. The zero-order valence-corrected chi connectivity index (χ0v) is 20.8. The normalized spacial score (nSPS) is 16.8. The van der Waals surface area contributed by atoms with Crippen molar-refractivity contribution in [2.24, 2.45) is 0 Å². The van der Waals surface area contributed by atoms with E-state index in [0.29, 0.717) is 46.6 Å². The van der Waals surface area contributed by atoms with Gasteiger partial charge in [-0.05, 0) is 72.6 Å². The maximum absolute atomic E-state index is 12.3. The van der Waals surface area contributed by atoms with Crippen molar-refractivity contribution < 1.29 is 23.8 Å². The Hall–Kier alpha value is -3.26. The van der Waals surface area contributed by atoms with Crippen LogP contribution in [0.2, 0.25) is 10.0 Å². The molecule has 36 heavy (non-hydrogen) atoms. The van der Waals surface area contributed by atoms with Crippen LogP contribution in [0.3, 0.4) is 0 Å². The van der Waals surface area contributed by atoms with Crippen molar-refractivity contribution in [2.75, 3.05) is 18.4 Å². The van der Waals surface area contributed by atoms with Crippen LogP contribution in [0.5, 0.6) is 11.5 Å². The summed E-state index contributed by atoms with van der Waals surface area (Å²) in [4.78, 5) is 24.6. The predicted octanol–water partition coefficient (Wildman–Crippen LogP) is 5.58. The number of anilines is 1. The highest BCUT2D eigenvalue weighted by Gasteiger charge is 2.45. The standard InChI is InChI=1S/C27H24Cl2N2O5/c28-18-3-7-20(8-4-18)34-19-5-1-17(2-6-19)15-31-26-21-13-14-30-16-27(22(21)9-10-23(26)29)35-24(32)11-12-25(33)36-27/h1-10,30-31H,11-16H2. The number of hydrogen-bond donors (Lipinski definition) is 2. The number of ether oxygens (including phenoxy) is 3. The molecule has 7 nitrogen and oxygen atoms in total. The van der Waals surface area contributed by atoms with Gasteiger partial charge in [0.2, 0.25) is 0 Å². The first kappa shape index (κ1) is 24.4. The molecule has 0 radical (unpaired) electrons. The third kappa shape index (κ3) is 5.28. The molecule has 9 heteroatoms. The van der Waals surface area contributed by atoms with Crippen LogP contribution in [0.15, 0.2) is 60.7 Å². The molecule has 0 atom stereocenters. The molecular weight excluding hydrogens is 503 g/mol. The first-order chi connectivity index (χ1) is 17.4. The molecule has 2 heterocycles. The van der Waals surface area contributed by atoms with Gasteiger partial charge < -0.3 is 24.8 Å². The van der Waals surface area contributed by atoms with Crippen LogP contribution in [0.1, 0.15) is 29.5 Å². The van der Waals surface area contributed by atoms with Crippen LogP contribution < -0.4 is 15.4 Å². The number of fused-ring (bicyclic) bond motifs is 2. The molecular formula is C27H24Cl2N2O5. The summed E-state index contributed by atoms with van der Waals surface area (Å²) in [5.41, 5.74) is 3.20. The first-order valence-corrected chi connectivity index (χ1v) is 12.4. The summed E-state index contributed by atoms with van der Waals surface area (Å²) in [7, 11) is 0. The van der Waals surface area contributed by atoms with E-state index in [-0.39, 0.29) is 19.4 Å². The molecule has 186 valence electrons. The van der Waals surface area contributed by atoms with Crippen LogP contribution in [0, 0.1) is 0 Å². The second-order valence-electron chi connectivity index (χ2n) is 8.63. The summed E-state index contributed by atoms with van der Waals surface area (Å²) in [6, 6.07) is 18.4. The van der Waals surface area contributed by atoms with Crippen molar-refractivity contribution in [1.82, 2.24) is 5.32 Å². The van der Waals surface area contributed by atoms with Gasteiger partial charge >= 0.3 is 11.9 Å². The maximum atomic E-state index is 12.3. The first-order valence-electron chi connectivity index (χ1n) is 11.6. The van der Waals surface area contributed by atoms with E-state index in [1.54, 1.807) is 24.3 Å². The van der Waals surface area contributed by atoms with E-state index in [0.717, 1.165) is 16.8 Å². The lowest BCUT2D eigenvalue weighted by atomic mass is 9.96. The molecule has 5 rings (SSSR count). The van der Waals surface area contributed by atoms with Crippen molar-refractivity contribution >= 4 is 40.8 Å². The lowest BCUT2D eigenvalue weighted by Crippen LogP contribution is -2.43. The van der Waals surface area contributed by atoms with Crippen LogP contribution in [-0.2, 0) is 37.8 Å². The number of hydrogen-bond acceptors (Lipinski definition) is 7. The van der Waals surface area contributed by atoms with Gasteiger partial charge in [0.25, 0.3) is 5.79 Å². The summed E-state index contributed by atoms with van der Waals surface area (Å²) in [5.74, 6) is -1.05. The summed E-state index contributed by atoms with van der Waals surface area (Å²) in [6.45, 7) is 1.28. The molecule has 0 aromatic heterocycles. The molecule has 2 aliphatic rings. The highest BCUT2D eigenvalue weighted by Crippen LogP contribution is 2.40. The highest BCUT2D eigenvalue weighted by atomic mass is 35.5. The second kappa shape index (κ2) is 10.4. The molecule has 1 saturated heterocycles. The van der Waals surface area contributed by atoms with Gasteiger partial charge in [-0.15, -0.1) is 0 Å². The Morgan fingerprint density at radius 3 is 2.17 bits per heavy atom. The van der Waals surface area contributed by atoms with Gasteiger partial charge in [0.1, 0.15) is 11.5 Å². The molecule has 3 aromatic rings. The summed E-state index contributed by atoms with van der Waals surface area (Å²) in [5, 5.41) is 7.83. The Labute approximate surface area is 218 Å². The number of nitrogens with one attached hydrogen (secondary N) is 2. The van der Waals surface area contributed by atoms with Crippen molar-refractivity contribution in [1.29, 1.82) is 0 Å². The predicted molar refractivity (Wildman–Crippen MR) is 136 cm³/mol. The van der Waals surface area contributed by atoms with Crippen LogP contribution >= 0.6 is 23.2 Å². The Morgan fingerprint density at radius 2 is 1.50 bits per heavy atom. The zero-order chi connectivity index (χ0) is 25.1. The Bertz CT molecular complexity index is 1260. The van der Waals surface area contributed by atoms with Crippen LogP contribution in [0.4, 0.5) is 5.69 Å². The summed E-state index contributed by atoms with van der Waals surface area (Å²) < 4.78 is 17.3. The van der Waals surface area contributed by atoms with E-state index in [4.69, 9.17) is 37.4 Å². The fourth-order valence-electron chi connectivity index (χ4n) is 4.37. The number of rotatable bonds is 5. The fraction of sp³-hybridized carbons (Fsp3) is 0.259. The lowest BCUT2D eigenvalue weighted by Gasteiger charge is -2.32. The number of esters is 2. The minimum Gasteiger partial charge on any atom is -0.457 e. The Balaban J connectivity index is 1.37. The van der Waals surface area contributed by atoms with Gasteiger partial charge in [-0.2, -0.15) is 0 Å². The SMILES string of the molecule is O=C1CCC(=O)OC2(CNCCc3c2ccc(Cl)c3NCc2ccc(Oc3ccc(Cl)cc3)cc2)O1. The van der Waals surface area contributed by atoms with Gasteiger partial charge in [0, 0.05) is 17.1 Å². The average molecular weight is 527 g/mol. The summed E-state index contributed by atoms with van der Waals surface area (Å²) in [6.07, 6.45) is 0.599. The Morgan fingerprint density at radius 1 is 0.861 bits per heavy atom. The van der Waals surface area contributed by atoms with Crippen molar-refractivity contribution in [3.63, 3.8) is 0 Å². The van der Waals surface area contributed by atoms with E-state index in [1.807, 2.05) is 36.4 Å². The van der Waals surface area contributed by atoms with Crippen LogP contribution in [-0.4, -0.2) is 25.0 Å². The average Bonchev–Trinajstić information content (AvgIpc) is 3.13. The van der Waals surface area contributed by atoms with E-state index in [1.165, 1.54) is 0 Å². The molecule has 1 spiro atoms. The van der Waals surface area contributed by atoms with Gasteiger partial charge in [-0.25, -0.2) is 0 Å². The Kier molecular flexibility index (Phi) is 7.05. The maximum Gasteiger partial charge on any atom is 0.309 e. The van der Waals surface area contributed by atoms with E-state index >= 15 is 0 Å². The zero-order valence-electron chi connectivity index (χ0n) is 19.3. The second-order valence-corrected chi connectivity index (χ2v) is 9.47. The van der Waals surface area contributed by atoms with Crippen molar-refractivity contribution in [3.05, 3.63) is 87.4 Å². The minimum absolute atomic E-state index is 0.00760. The van der Waals surface area contributed by atoms with Crippen molar-refractivity contribution in [2.45, 2.75) is 31.6 Å². The van der Waals surface area contributed by atoms with Gasteiger partial charge in [-0.3, -0.25) is 9.59 Å². The van der Waals surface area contributed by atoms with Gasteiger partial charge in [0.15, 0.2) is 0 Å². The molecule has 0 bridgehead atoms. The monoisotopic (exact) mass is 526 g/mol. The minimum atomic E-state index is -1.52. The molecule has 0 aliphatic carbocycles. The smallest absolute Gasteiger partial charge is 0.309 e. The van der Waals surface area contributed by atoms with E-state index in [2.05, 4.69) is 10.6 Å². The third-order valence-corrected chi connectivity index (χ3v) is 6.68. The van der Waals surface area contributed by atoms with Crippen molar-refractivity contribution in [3.8, 4) is 11.5 Å². The molecule has 3 aromatic carbocycles. The molecule has 2 aliphatic heterocycles. The van der Waals surface area contributed by atoms with Gasteiger partial charge in [0.05, 0.1) is 30.1 Å². The molecule has 2 N–H and O–H groups in total. The largest absolute Gasteiger partial charge is 0.457 e. The topological polar surface area (TPSA) is 85.9 Å². The quantitative estimate of drug-likeness (QED) is 0.420. The third-order valence-electron chi connectivity index (χ3n) is 6.11. The molecule has 0 amide bonds. The van der Waals surface area contributed by atoms with Crippen LogP contribution in [0.25, 0.3) is 0 Å². The van der Waals surface area contributed by atoms with E-state index in [9.17, 15) is 9.59 Å². The summed E-state index contributed by atoms with van der Waals surface area (Å²) >= 11 is 12.5.